The van der Waals surface area contributed by atoms with E-state index >= 15 is 0 Å². The number of primary amides is 1. The summed E-state index contributed by atoms with van der Waals surface area (Å²) in [4.78, 5) is 10.6. The van der Waals surface area contributed by atoms with E-state index in [0.717, 1.165) is 12.8 Å². The first kappa shape index (κ1) is 14.4. The molecule has 0 fully saturated rings. The second-order valence-electron chi connectivity index (χ2n) is 4.28. The molecule has 0 aromatic carbocycles. The number of hydrogen-bond acceptors (Lipinski definition) is 3. The van der Waals surface area contributed by atoms with Gasteiger partial charge in [-0.2, -0.15) is 0 Å². The van der Waals surface area contributed by atoms with E-state index in [-0.39, 0.29) is 24.4 Å². The Morgan fingerprint density at radius 3 is 2.33 bits per heavy atom. The summed E-state index contributed by atoms with van der Waals surface area (Å²) in [7, 11) is 0. The van der Waals surface area contributed by atoms with Gasteiger partial charge in [-0.05, 0) is 12.8 Å². The van der Waals surface area contributed by atoms with Crippen LogP contribution in [0, 0.1) is 0 Å². The molecule has 0 spiro atoms. The Morgan fingerprint density at radius 2 is 1.80 bits per heavy atom. The Hall–Kier alpha value is -0.610. The van der Waals surface area contributed by atoms with Gasteiger partial charge < -0.3 is 17.2 Å². The number of hydrogen-bond donors (Lipinski definition) is 3. The van der Waals surface area contributed by atoms with E-state index in [1.807, 2.05) is 0 Å². The number of nitrogens with two attached hydrogens (primary N) is 3. The zero-order valence-corrected chi connectivity index (χ0v) is 9.74. The van der Waals surface area contributed by atoms with Crippen LogP contribution in [-0.2, 0) is 4.79 Å². The molecule has 90 valence electrons. The van der Waals surface area contributed by atoms with Gasteiger partial charge in [0.2, 0.25) is 5.91 Å². The molecule has 0 saturated heterocycles. The van der Waals surface area contributed by atoms with E-state index in [1.54, 1.807) is 0 Å². The van der Waals surface area contributed by atoms with Crippen LogP contribution in [0.25, 0.3) is 0 Å². The Kier molecular flexibility index (Phi) is 8.33. The maximum Gasteiger partial charge on any atom is 0.218 e. The molecule has 0 aromatic heterocycles. The van der Waals surface area contributed by atoms with Gasteiger partial charge >= 0.3 is 0 Å². The summed E-state index contributed by atoms with van der Waals surface area (Å²) in [5.41, 5.74) is 16.7. The summed E-state index contributed by atoms with van der Waals surface area (Å²) in [6, 6.07) is -0.0696. The normalized spacial score (nSPS) is 14.9. The van der Waals surface area contributed by atoms with E-state index in [1.165, 1.54) is 19.3 Å². The fraction of sp³-hybridized carbons (Fsp3) is 0.909. The number of amides is 1. The lowest BCUT2D eigenvalue weighted by Gasteiger charge is -2.15. The van der Waals surface area contributed by atoms with Gasteiger partial charge in [0.25, 0.3) is 0 Å². The maximum atomic E-state index is 10.6. The van der Waals surface area contributed by atoms with Crippen LogP contribution < -0.4 is 17.2 Å². The largest absolute Gasteiger partial charge is 0.370 e. The van der Waals surface area contributed by atoms with Crippen LogP contribution in [-0.4, -0.2) is 18.0 Å². The lowest BCUT2D eigenvalue weighted by atomic mass is 10.00. The maximum absolute atomic E-state index is 10.6. The van der Waals surface area contributed by atoms with Gasteiger partial charge in [0, 0.05) is 18.5 Å². The van der Waals surface area contributed by atoms with Crippen molar-refractivity contribution in [3.63, 3.8) is 0 Å². The monoisotopic (exact) mass is 215 g/mol. The summed E-state index contributed by atoms with van der Waals surface area (Å²) in [5, 5.41) is 0. The summed E-state index contributed by atoms with van der Waals surface area (Å²) in [6.45, 7) is 2.18. The Balaban J connectivity index is 3.46. The lowest BCUT2D eigenvalue weighted by Crippen LogP contribution is -2.34. The molecule has 0 radical (unpaired) electrons. The lowest BCUT2D eigenvalue weighted by molar-refractivity contribution is -0.118. The van der Waals surface area contributed by atoms with Crippen LogP contribution in [0.3, 0.4) is 0 Å². The molecule has 4 nitrogen and oxygen atoms in total. The predicted octanol–water partition coefficient (Wildman–Crippen LogP) is 0.877. The van der Waals surface area contributed by atoms with Crippen molar-refractivity contribution >= 4 is 5.91 Å². The van der Waals surface area contributed by atoms with Gasteiger partial charge in [-0.3, -0.25) is 4.79 Å². The van der Waals surface area contributed by atoms with E-state index in [0.29, 0.717) is 6.42 Å². The summed E-state index contributed by atoms with van der Waals surface area (Å²) < 4.78 is 0. The average Bonchev–Trinajstić information content (AvgIpc) is 2.10. The third kappa shape index (κ3) is 9.69. The fourth-order valence-corrected chi connectivity index (χ4v) is 1.68. The minimum atomic E-state index is -0.347. The van der Waals surface area contributed by atoms with Crippen LogP contribution in [0.4, 0.5) is 0 Å². The van der Waals surface area contributed by atoms with E-state index in [9.17, 15) is 4.79 Å². The molecule has 1 amide bonds. The fourth-order valence-electron chi connectivity index (χ4n) is 1.68. The molecular weight excluding hydrogens is 190 g/mol. The van der Waals surface area contributed by atoms with Gasteiger partial charge in [-0.15, -0.1) is 0 Å². The molecule has 0 saturated carbocycles. The first-order valence-electron chi connectivity index (χ1n) is 5.85. The first-order valence-corrected chi connectivity index (χ1v) is 5.85. The molecule has 15 heavy (non-hydrogen) atoms. The molecule has 0 aromatic rings. The van der Waals surface area contributed by atoms with E-state index in [2.05, 4.69) is 6.92 Å². The number of unbranched alkanes of at least 4 members (excludes halogenated alkanes) is 3. The molecule has 0 heterocycles. The SMILES string of the molecule is CCCCCCC(N)CC(N)CC(N)=O. The van der Waals surface area contributed by atoms with Crippen molar-refractivity contribution in [1.29, 1.82) is 0 Å². The highest BCUT2D eigenvalue weighted by Crippen LogP contribution is 2.08. The number of carbonyl (C=O) groups excluding carboxylic acids is 1. The minimum absolute atomic E-state index is 0.108. The molecule has 0 bridgehead atoms. The molecule has 0 aliphatic rings. The third-order valence-electron chi connectivity index (χ3n) is 2.50. The molecule has 4 heteroatoms. The van der Waals surface area contributed by atoms with E-state index < -0.39 is 0 Å². The molecule has 2 atom stereocenters. The summed E-state index contributed by atoms with van der Waals surface area (Å²) in [5.74, 6) is -0.347. The molecule has 0 aliphatic carbocycles. The van der Waals surface area contributed by atoms with Gasteiger partial charge in [-0.25, -0.2) is 0 Å². The van der Waals surface area contributed by atoms with Crippen LogP contribution in [0.15, 0.2) is 0 Å². The summed E-state index contributed by atoms with van der Waals surface area (Å²) in [6.07, 6.45) is 6.80. The van der Waals surface area contributed by atoms with Crippen molar-refractivity contribution in [3.8, 4) is 0 Å². The Morgan fingerprint density at radius 1 is 1.13 bits per heavy atom. The second-order valence-corrected chi connectivity index (χ2v) is 4.28. The van der Waals surface area contributed by atoms with E-state index in [4.69, 9.17) is 17.2 Å². The van der Waals surface area contributed by atoms with Crippen molar-refractivity contribution in [2.45, 2.75) is 64.0 Å². The molecule has 0 aliphatic heterocycles. The molecule has 0 rings (SSSR count). The molecule has 6 N–H and O–H groups in total. The van der Waals surface area contributed by atoms with Gasteiger partial charge in [-0.1, -0.05) is 32.6 Å². The van der Waals surface area contributed by atoms with Crippen molar-refractivity contribution in [1.82, 2.24) is 0 Å². The smallest absolute Gasteiger partial charge is 0.218 e. The minimum Gasteiger partial charge on any atom is -0.370 e. The highest BCUT2D eigenvalue weighted by Gasteiger charge is 2.11. The van der Waals surface area contributed by atoms with Gasteiger partial charge in [0.05, 0.1) is 0 Å². The highest BCUT2D eigenvalue weighted by atomic mass is 16.1. The zero-order valence-electron chi connectivity index (χ0n) is 9.74. The van der Waals surface area contributed by atoms with Crippen LogP contribution in [0.1, 0.15) is 51.9 Å². The highest BCUT2D eigenvalue weighted by molar-refractivity contribution is 5.74. The average molecular weight is 215 g/mol. The van der Waals surface area contributed by atoms with Crippen LogP contribution in [0.5, 0.6) is 0 Å². The van der Waals surface area contributed by atoms with Crippen molar-refractivity contribution in [2.75, 3.05) is 0 Å². The summed E-state index contributed by atoms with van der Waals surface area (Å²) >= 11 is 0. The van der Waals surface area contributed by atoms with Crippen LogP contribution >= 0.6 is 0 Å². The van der Waals surface area contributed by atoms with Crippen molar-refractivity contribution in [2.24, 2.45) is 17.2 Å². The Labute approximate surface area is 92.6 Å². The van der Waals surface area contributed by atoms with Gasteiger partial charge in [0.1, 0.15) is 0 Å². The first-order chi connectivity index (χ1) is 7.06. The number of rotatable bonds is 9. The zero-order chi connectivity index (χ0) is 11.7. The van der Waals surface area contributed by atoms with Gasteiger partial charge in [0.15, 0.2) is 0 Å². The van der Waals surface area contributed by atoms with Crippen LogP contribution in [0.2, 0.25) is 0 Å². The van der Waals surface area contributed by atoms with Crippen molar-refractivity contribution in [3.05, 3.63) is 0 Å². The quantitative estimate of drug-likeness (QED) is 0.498. The number of carbonyl (C=O) groups is 1. The van der Waals surface area contributed by atoms with Crippen molar-refractivity contribution < 1.29 is 4.79 Å². The Bertz CT molecular complexity index is 173. The topological polar surface area (TPSA) is 95.1 Å². The predicted molar refractivity (Wildman–Crippen MR) is 63.1 cm³/mol. The molecule has 2 unspecified atom stereocenters. The third-order valence-corrected chi connectivity index (χ3v) is 2.50. The standard InChI is InChI=1S/C11H25N3O/c1-2-3-4-5-6-9(12)7-10(13)8-11(14)15/h9-10H,2-8,12-13H2,1H3,(H2,14,15). The molecular formula is C11H25N3O. The second kappa shape index (κ2) is 8.68.